The summed E-state index contributed by atoms with van der Waals surface area (Å²) < 4.78 is 5.34. The Labute approximate surface area is 104 Å². The van der Waals surface area contributed by atoms with Gasteiger partial charge in [0, 0.05) is 6.04 Å². The van der Waals surface area contributed by atoms with Gasteiger partial charge in [-0.05, 0) is 47.6 Å². The average Bonchev–Trinajstić information content (AvgIpc) is 2.63. The van der Waals surface area contributed by atoms with Gasteiger partial charge in [-0.2, -0.15) is 0 Å². The van der Waals surface area contributed by atoms with Crippen LogP contribution in [-0.2, 0) is 4.74 Å². The van der Waals surface area contributed by atoms with Crippen LogP contribution in [0.3, 0.4) is 0 Å². The molecule has 100 valence electrons. The smallest absolute Gasteiger partial charge is 0.408 e. The molecule has 1 saturated carbocycles. The highest BCUT2D eigenvalue weighted by Gasteiger charge is 2.40. The van der Waals surface area contributed by atoms with Crippen molar-refractivity contribution in [1.82, 2.24) is 10.6 Å². The number of carbonyl (C=O) groups is 1. The van der Waals surface area contributed by atoms with Gasteiger partial charge in [-0.3, -0.25) is 0 Å². The van der Waals surface area contributed by atoms with Crippen LogP contribution in [-0.4, -0.2) is 30.3 Å². The predicted molar refractivity (Wildman–Crippen MR) is 69.1 cm³/mol. The summed E-state index contributed by atoms with van der Waals surface area (Å²) in [6, 6.07) is 0.262. The lowest BCUT2D eigenvalue weighted by atomic mass is 9.89. The average molecular weight is 242 g/mol. The molecule has 4 nitrogen and oxygen atoms in total. The lowest BCUT2D eigenvalue weighted by Crippen LogP contribution is -2.58. The summed E-state index contributed by atoms with van der Waals surface area (Å²) in [5, 5.41) is 6.32. The van der Waals surface area contributed by atoms with Crippen molar-refractivity contribution < 1.29 is 9.53 Å². The quantitative estimate of drug-likeness (QED) is 0.799. The number of nitrogens with one attached hydrogen (secondary N) is 2. The van der Waals surface area contributed by atoms with Crippen LogP contribution in [0, 0.1) is 0 Å². The molecule has 1 rings (SSSR count). The topological polar surface area (TPSA) is 50.4 Å². The van der Waals surface area contributed by atoms with Crippen molar-refractivity contribution in [3.05, 3.63) is 0 Å². The van der Waals surface area contributed by atoms with E-state index in [1.54, 1.807) is 0 Å². The van der Waals surface area contributed by atoms with E-state index in [1.165, 1.54) is 12.8 Å². The molecule has 1 atom stereocenters. The molecule has 1 unspecified atom stereocenters. The van der Waals surface area contributed by atoms with Crippen LogP contribution in [0.1, 0.15) is 53.4 Å². The van der Waals surface area contributed by atoms with E-state index in [9.17, 15) is 4.79 Å². The molecule has 1 aliphatic rings. The zero-order chi connectivity index (χ0) is 13.1. The molecule has 2 N–H and O–H groups in total. The number of likely N-dealkylation sites (N-methyl/N-ethyl adjacent to an activating group) is 1. The third-order valence-electron chi connectivity index (χ3n) is 3.51. The van der Waals surface area contributed by atoms with Crippen LogP contribution in [0.5, 0.6) is 0 Å². The van der Waals surface area contributed by atoms with E-state index < -0.39 is 5.60 Å². The van der Waals surface area contributed by atoms with Crippen molar-refractivity contribution in [1.29, 1.82) is 0 Å². The van der Waals surface area contributed by atoms with Crippen molar-refractivity contribution in [2.45, 2.75) is 70.6 Å². The van der Waals surface area contributed by atoms with E-state index >= 15 is 0 Å². The van der Waals surface area contributed by atoms with Crippen molar-refractivity contribution >= 4 is 6.09 Å². The molecule has 0 radical (unpaired) electrons. The zero-order valence-electron chi connectivity index (χ0n) is 11.7. The molecular weight excluding hydrogens is 216 g/mol. The fourth-order valence-corrected chi connectivity index (χ4v) is 2.46. The van der Waals surface area contributed by atoms with Crippen molar-refractivity contribution in [3.63, 3.8) is 0 Å². The molecule has 0 saturated heterocycles. The first kappa shape index (κ1) is 14.3. The van der Waals surface area contributed by atoms with Crippen LogP contribution in [0.15, 0.2) is 0 Å². The van der Waals surface area contributed by atoms with Gasteiger partial charge < -0.3 is 15.4 Å². The largest absolute Gasteiger partial charge is 0.444 e. The molecule has 0 spiro atoms. The van der Waals surface area contributed by atoms with E-state index in [0.29, 0.717) is 0 Å². The Morgan fingerprint density at radius 3 is 2.24 bits per heavy atom. The monoisotopic (exact) mass is 242 g/mol. The Morgan fingerprint density at radius 2 is 1.82 bits per heavy atom. The summed E-state index contributed by atoms with van der Waals surface area (Å²) in [4.78, 5) is 11.9. The third-order valence-corrected chi connectivity index (χ3v) is 3.51. The molecular formula is C13H26N2O2. The highest BCUT2D eigenvalue weighted by molar-refractivity contribution is 5.69. The van der Waals surface area contributed by atoms with Gasteiger partial charge in [-0.25, -0.2) is 4.79 Å². The highest BCUT2D eigenvalue weighted by Crippen LogP contribution is 2.32. The van der Waals surface area contributed by atoms with Gasteiger partial charge in [0.15, 0.2) is 0 Å². The van der Waals surface area contributed by atoms with E-state index in [2.05, 4.69) is 17.6 Å². The van der Waals surface area contributed by atoms with Gasteiger partial charge in [0.05, 0.1) is 5.54 Å². The predicted octanol–water partition coefficient (Wildman–Crippen LogP) is 2.43. The number of amides is 1. The summed E-state index contributed by atoms with van der Waals surface area (Å²) in [6.07, 6.45) is 4.08. The molecule has 4 heteroatoms. The van der Waals surface area contributed by atoms with E-state index in [-0.39, 0.29) is 17.7 Å². The zero-order valence-corrected chi connectivity index (χ0v) is 11.7. The minimum absolute atomic E-state index is 0.142. The summed E-state index contributed by atoms with van der Waals surface area (Å²) in [6.45, 7) is 7.77. The Balaban J connectivity index is 2.65. The van der Waals surface area contributed by atoms with Crippen LogP contribution in [0.2, 0.25) is 0 Å². The minimum Gasteiger partial charge on any atom is -0.444 e. The van der Waals surface area contributed by atoms with Gasteiger partial charge in [0.2, 0.25) is 0 Å². The summed E-state index contributed by atoms with van der Waals surface area (Å²) in [7, 11) is 1.93. The van der Waals surface area contributed by atoms with Crippen LogP contribution in [0.25, 0.3) is 0 Å². The first-order chi connectivity index (χ1) is 7.79. The fourth-order valence-electron chi connectivity index (χ4n) is 2.46. The first-order valence-corrected chi connectivity index (χ1v) is 6.47. The maximum absolute atomic E-state index is 11.9. The maximum atomic E-state index is 11.9. The maximum Gasteiger partial charge on any atom is 0.408 e. The molecule has 0 heterocycles. The first-order valence-electron chi connectivity index (χ1n) is 6.47. The number of rotatable bonds is 3. The van der Waals surface area contributed by atoms with E-state index in [1.807, 2.05) is 27.8 Å². The molecule has 1 aliphatic carbocycles. The van der Waals surface area contributed by atoms with Gasteiger partial charge in [0.25, 0.3) is 0 Å². The summed E-state index contributed by atoms with van der Waals surface area (Å²) in [5.74, 6) is 0. The Kier molecular flexibility index (Phi) is 4.42. The minimum atomic E-state index is -0.438. The number of carbonyl (C=O) groups excluding carboxylic acids is 1. The molecule has 0 aromatic heterocycles. The van der Waals surface area contributed by atoms with Gasteiger partial charge in [0.1, 0.15) is 5.60 Å². The Bertz CT molecular complexity index is 265. The third kappa shape index (κ3) is 3.87. The molecule has 0 aromatic rings. The second-order valence-corrected chi connectivity index (χ2v) is 6.00. The van der Waals surface area contributed by atoms with Gasteiger partial charge in [-0.15, -0.1) is 0 Å². The SMILES string of the molecule is CNC(C)C1(NC(=O)OC(C)(C)C)CCCC1. The molecule has 1 amide bonds. The summed E-state index contributed by atoms with van der Waals surface area (Å²) in [5.41, 5.74) is -0.580. The molecule has 0 bridgehead atoms. The second-order valence-electron chi connectivity index (χ2n) is 6.00. The Hall–Kier alpha value is -0.770. The summed E-state index contributed by atoms with van der Waals surface area (Å²) >= 11 is 0. The molecule has 0 aliphatic heterocycles. The van der Waals surface area contributed by atoms with Crippen molar-refractivity contribution in [3.8, 4) is 0 Å². The standard InChI is InChI=1S/C13H26N2O2/c1-10(14-5)13(8-6-7-9-13)15-11(16)17-12(2,3)4/h10,14H,6-9H2,1-5H3,(H,15,16). The lowest BCUT2D eigenvalue weighted by Gasteiger charge is -2.36. The van der Waals surface area contributed by atoms with Crippen molar-refractivity contribution in [2.24, 2.45) is 0 Å². The Morgan fingerprint density at radius 1 is 1.29 bits per heavy atom. The fraction of sp³-hybridized carbons (Fsp3) is 0.923. The number of ether oxygens (including phenoxy) is 1. The van der Waals surface area contributed by atoms with Crippen molar-refractivity contribution in [2.75, 3.05) is 7.05 Å². The van der Waals surface area contributed by atoms with Crippen LogP contribution < -0.4 is 10.6 Å². The second kappa shape index (κ2) is 5.25. The molecule has 1 fully saturated rings. The number of alkyl carbamates (subject to hydrolysis) is 1. The number of hydrogen-bond donors (Lipinski definition) is 2. The normalized spacial score (nSPS) is 21.0. The van der Waals surface area contributed by atoms with E-state index in [4.69, 9.17) is 4.74 Å². The molecule has 0 aromatic carbocycles. The highest BCUT2D eigenvalue weighted by atomic mass is 16.6. The lowest BCUT2D eigenvalue weighted by molar-refractivity contribution is 0.0434. The van der Waals surface area contributed by atoms with Crippen LogP contribution in [0.4, 0.5) is 4.79 Å². The number of hydrogen-bond acceptors (Lipinski definition) is 3. The van der Waals surface area contributed by atoms with Crippen LogP contribution >= 0.6 is 0 Å². The van der Waals surface area contributed by atoms with E-state index in [0.717, 1.165) is 12.8 Å². The molecule has 17 heavy (non-hydrogen) atoms. The van der Waals surface area contributed by atoms with Gasteiger partial charge >= 0.3 is 6.09 Å². The van der Waals surface area contributed by atoms with Gasteiger partial charge in [-0.1, -0.05) is 12.8 Å².